The lowest BCUT2D eigenvalue weighted by Crippen LogP contribution is -2.39. The van der Waals surface area contributed by atoms with Gasteiger partial charge in [-0.1, -0.05) is 23.4 Å². The van der Waals surface area contributed by atoms with Crippen LogP contribution in [-0.4, -0.2) is 80.3 Å². The highest BCUT2D eigenvalue weighted by atomic mass is 16.2. The Morgan fingerprint density at radius 2 is 1.86 bits per heavy atom. The van der Waals surface area contributed by atoms with Crippen LogP contribution in [0.5, 0.6) is 0 Å². The van der Waals surface area contributed by atoms with E-state index in [0.717, 1.165) is 0 Å². The van der Waals surface area contributed by atoms with E-state index in [9.17, 15) is 19.2 Å². The quantitative estimate of drug-likeness (QED) is 0.528. The van der Waals surface area contributed by atoms with Gasteiger partial charge in [0.15, 0.2) is 0 Å². The number of nitrogens with zero attached hydrogens (tertiary/aromatic N) is 6. The third-order valence-electron chi connectivity index (χ3n) is 6.76. The van der Waals surface area contributed by atoms with Crippen LogP contribution in [0.25, 0.3) is 0 Å². The number of carbonyl (C=O) groups excluding carboxylic acids is 3. The number of fused-ring (bicyclic) bond motifs is 6. The van der Waals surface area contributed by atoms with Gasteiger partial charge in [0.25, 0.3) is 17.4 Å². The molecule has 4 bridgehead atoms. The molecular formula is C25H27N7O4. The van der Waals surface area contributed by atoms with Crippen molar-refractivity contribution in [2.24, 2.45) is 5.92 Å². The first-order valence-electron chi connectivity index (χ1n) is 11.9. The molecule has 2 atom stereocenters. The molecule has 0 spiro atoms. The third-order valence-corrected chi connectivity index (χ3v) is 6.76. The van der Waals surface area contributed by atoms with Gasteiger partial charge in [-0.2, -0.15) is 0 Å². The van der Waals surface area contributed by atoms with Crippen molar-refractivity contribution in [2.75, 3.05) is 33.2 Å². The number of amides is 3. The predicted molar refractivity (Wildman–Crippen MR) is 129 cm³/mol. The Kier molecular flexibility index (Phi) is 6.36. The van der Waals surface area contributed by atoms with Gasteiger partial charge < -0.3 is 19.7 Å². The van der Waals surface area contributed by atoms with E-state index in [4.69, 9.17) is 0 Å². The van der Waals surface area contributed by atoms with Crippen LogP contribution in [0, 0.1) is 5.92 Å². The van der Waals surface area contributed by atoms with Crippen molar-refractivity contribution in [2.45, 2.75) is 19.0 Å². The van der Waals surface area contributed by atoms with Crippen molar-refractivity contribution in [3.05, 3.63) is 82.0 Å². The van der Waals surface area contributed by atoms with Gasteiger partial charge >= 0.3 is 0 Å². The molecule has 11 heteroatoms. The number of benzene rings is 1. The van der Waals surface area contributed by atoms with E-state index in [1.165, 1.54) is 15.5 Å². The number of hydrogen-bond donors (Lipinski definition) is 1. The summed E-state index contributed by atoms with van der Waals surface area (Å²) in [5.74, 6) is -0.858. The molecule has 186 valence electrons. The molecule has 5 rings (SSSR count). The van der Waals surface area contributed by atoms with Gasteiger partial charge in [-0.3, -0.25) is 19.2 Å². The molecule has 3 aromatic rings. The Morgan fingerprint density at radius 1 is 1.06 bits per heavy atom. The van der Waals surface area contributed by atoms with E-state index in [1.807, 2.05) is 18.2 Å². The summed E-state index contributed by atoms with van der Waals surface area (Å²) in [6.45, 7) is 1.45. The topological polar surface area (TPSA) is 122 Å². The molecule has 1 aromatic carbocycles. The molecule has 0 aliphatic carbocycles. The molecular weight excluding hydrogens is 462 g/mol. The second-order valence-corrected chi connectivity index (χ2v) is 9.23. The maximum absolute atomic E-state index is 13.1. The first-order chi connectivity index (χ1) is 17.4. The first kappa shape index (κ1) is 23.5. The third kappa shape index (κ3) is 4.64. The van der Waals surface area contributed by atoms with Crippen LogP contribution in [0.15, 0.2) is 59.7 Å². The summed E-state index contributed by atoms with van der Waals surface area (Å²) < 4.78 is 3.12. The van der Waals surface area contributed by atoms with Gasteiger partial charge in [0.1, 0.15) is 11.3 Å². The highest BCUT2D eigenvalue weighted by molar-refractivity contribution is 5.94. The number of carbonyl (C=O) groups is 3. The van der Waals surface area contributed by atoms with E-state index in [-0.39, 0.29) is 55.4 Å². The number of hydrogen-bond acceptors (Lipinski definition) is 6. The first-order valence-corrected chi connectivity index (χ1v) is 11.9. The number of aromatic nitrogens is 4. The minimum Gasteiger partial charge on any atom is -0.354 e. The molecule has 4 heterocycles. The van der Waals surface area contributed by atoms with E-state index < -0.39 is 11.5 Å². The summed E-state index contributed by atoms with van der Waals surface area (Å²) in [6, 6.07) is 11.9. The van der Waals surface area contributed by atoms with Crippen molar-refractivity contribution in [1.29, 1.82) is 0 Å². The Balaban J connectivity index is 1.46. The molecule has 0 unspecified atom stereocenters. The lowest BCUT2D eigenvalue weighted by Gasteiger charge is -2.20. The van der Waals surface area contributed by atoms with Crippen LogP contribution >= 0.6 is 0 Å². The number of nitrogens with one attached hydrogen (secondary N) is 1. The number of likely N-dealkylation sites (tertiary alicyclic amines) is 1. The van der Waals surface area contributed by atoms with Gasteiger partial charge in [0.05, 0.1) is 18.8 Å². The van der Waals surface area contributed by atoms with Crippen LogP contribution in [-0.2, 0) is 11.3 Å². The minimum absolute atomic E-state index is 0.0525. The summed E-state index contributed by atoms with van der Waals surface area (Å²) in [4.78, 5) is 54.9. The molecule has 3 amide bonds. The predicted octanol–water partition coefficient (Wildman–Crippen LogP) is 0.393. The zero-order valence-electron chi connectivity index (χ0n) is 19.9. The minimum atomic E-state index is -0.418. The molecule has 2 aliphatic heterocycles. The van der Waals surface area contributed by atoms with Gasteiger partial charge in [-0.25, -0.2) is 4.68 Å². The molecule has 2 aliphatic rings. The van der Waals surface area contributed by atoms with E-state index in [0.29, 0.717) is 24.3 Å². The smallest absolute Gasteiger partial charge is 0.263 e. The lowest BCUT2D eigenvalue weighted by molar-refractivity contribution is -0.122. The Hall–Kier alpha value is -4.28. The molecule has 0 saturated carbocycles. The molecule has 11 nitrogen and oxygen atoms in total. The van der Waals surface area contributed by atoms with Crippen molar-refractivity contribution >= 4 is 17.7 Å². The second kappa shape index (κ2) is 9.76. The van der Waals surface area contributed by atoms with Gasteiger partial charge in [-0.15, -0.1) is 5.10 Å². The fourth-order valence-electron chi connectivity index (χ4n) is 4.81. The molecule has 1 saturated heterocycles. The van der Waals surface area contributed by atoms with Crippen LogP contribution in [0.4, 0.5) is 0 Å². The monoisotopic (exact) mass is 489 g/mol. The largest absolute Gasteiger partial charge is 0.354 e. The number of pyridine rings is 1. The summed E-state index contributed by atoms with van der Waals surface area (Å²) in [6.07, 6.45) is 3.56. The summed E-state index contributed by atoms with van der Waals surface area (Å²) in [5.41, 5.74) is 0.763. The highest BCUT2D eigenvalue weighted by Gasteiger charge is 2.38. The molecule has 2 aromatic heterocycles. The Bertz CT molecular complexity index is 1350. The fraction of sp³-hybridized carbons (Fsp3) is 0.360. The maximum atomic E-state index is 13.1. The van der Waals surface area contributed by atoms with E-state index in [2.05, 4.69) is 15.6 Å². The molecule has 0 radical (unpaired) electrons. The van der Waals surface area contributed by atoms with Crippen molar-refractivity contribution in [3.8, 4) is 0 Å². The number of rotatable bonds is 1. The van der Waals surface area contributed by atoms with Gasteiger partial charge in [0.2, 0.25) is 5.91 Å². The molecule has 1 fully saturated rings. The van der Waals surface area contributed by atoms with Gasteiger partial charge in [-0.05, 0) is 24.3 Å². The van der Waals surface area contributed by atoms with Crippen molar-refractivity contribution in [3.63, 3.8) is 0 Å². The highest BCUT2D eigenvalue weighted by Crippen LogP contribution is 2.31. The van der Waals surface area contributed by atoms with Crippen LogP contribution in [0.2, 0.25) is 0 Å². The summed E-state index contributed by atoms with van der Waals surface area (Å²) >= 11 is 0. The zero-order valence-corrected chi connectivity index (χ0v) is 19.9. The van der Waals surface area contributed by atoms with Crippen LogP contribution in [0.3, 0.4) is 0 Å². The van der Waals surface area contributed by atoms with Crippen molar-refractivity contribution < 1.29 is 14.4 Å². The van der Waals surface area contributed by atoms with Crippen LogP contribution in [0.1, 0.15) is 38.9 Å². The summed E-state index contributed by atoms with van der Waals surface area (Å²) in [5, 5.41) is 11.4. The second-order valence-electron chi connectivity index (χ2n) is 9.23. The zero-order chi connectivity index (χ0) is 25.2. The standard InChI is InChI=1S/C25H27N7O4/c1-29-11-9-26-22(33)12-18-13-31(23(34)17-6-3-2-4-7-17)16-21(18)32-15-19(27-28-32)14-30-10-5-8-20(24(29)35)25(30)36/h2-8,10,15,18,21H,9,11-14,16H2,1H3,(H,26,33)/t18-,21+/m0/s1. The molecule has 36 heavy (non-hydrogen) atoms. The number of likely N-dealkylation sites (N-methyl/N-ethyl adjacent to an activating group) is 1. The van der Waals surface area contributed by atoms with E-state index >= 15 is 0 Å². The Labute approximate surface area is 207 Å². The molecule has 1 N–H and O–H groups in total. The SMILES string of the molecule is CN1CCNC(=O)C[C@H]2CN(C(=O)c3ccccc3)C[C@H]2n2cc(nn2)Cn2cccc(c2=O)C1=O. The van der Waals surface area contributed by atoms with E-state index in [1.54, 1.807) is 47.2 Å². The van der Waals surface area contributed by atoms with Crippen molar-refractivity contribution in [1.82, 2.24) is 34.7 Å². The summed E-state index contributed by atoms with van der Waals surface area (Å²) in [7, 11) is 1.60. The average molecular weight is 490 g/mol. The average Bonchev–Trinajstić information content (AvgIpc) is 3.51. The normalized spacial score (nSPS) is 20.7. The Morgan fingerprint density at radius 3 is 2.67 bits per heavy atom. The van der Waals surface area contributed by atoms with Crippen LogP contribution < -0.4 is 10.9 Å². The maximum Gasteiger partial charge on any atom is 0.263 e. The van der Waals surface area contributed by atoms with Gasteiger partial charge in [0, 0.05) is 57.3 Å². The lowest BCUT2D eigenvalue weighted by atomic mass is 9.99. The fourth-order valence-corrected chi connectivity index (χ4v) is 4.81.